The van der Waals surface area contributed by atoms with Gasteiger partial charge in [-0.05, 0) is 97.8 Å². The quantitative estimate of drug-likeness (QED) is 0.192. The van der Waals surface area contributed by atoms with Crippen molar-refractivity contribution in [2.45, 2.75) is 37.3 Å². The molecule has 0 spiro atoms. The second kappa shape index (κ2) is 15.3. The van der Waals surface area contributed by atoms with Crippen LogP contribution in [0.15, 0.2) is 47.9 Å². The number of hydrogen-bond acceptors (Lipinski definition) is 7. The SMILES string of the molecule is Brc1n[nH]c(Br)n1.FC(F)(F)C(F)(F)Cn1nc(Br)nc1Br.FC(F)(F)C(F)(F)Cn1nc(Br)nc1Oc1cccc(Cl)c1. The van der Waals surface area contributed by atoms with Gasteiger partial charge in [0.2, 0.25) is 14.2 Å². The van der Waals surface area contributed by atoms with Gasteiger partial charge in [-0.15, -0.1) is 15.3 Å². The number of aromatic nitrogens is 9. The predicted octanol–water partition coefficient (Wildman–Crippen LogP) is 9.01. The molecule has 1 N–H and O–H groups in total. The first-order valence-electron chi connectivity index (χ1n) is 10.4. The molecular formula is C18H9Br5ClF10N9O. The summed E-state index contributed by atoms with van der Waals surface area (Å²) in [5.41, 5.74) is 0. The highest BCUT2D eigenvalue weighted by molar-refractivity contribution is 9.11. The van der Waals surface area contributed by atoms with Crippen LogP contribution in [-0.4, -0.2) is 68.9 Å². The third-order valence-electron chi connectivity index (χ3n) is 4.17. The van der Waals surface area contributed by atoms with Gasteiger partial charge in [0.25, 0.3) is 0 Å². The van der Waals surface area contributed by atoms with E-state index < -0.39 is 43.3 Å². The number of alkyl halides is 10. The molecule has 4 rings (SSSR count). The summed E-state index contributed by atoms with van der Waals surface area (Å²) >= 11 is 20.1. The fraction of sp³-hybridized carbons (Fsp3) is 0.333. The Bertz CT molecular complexity index is 1510. The largest absolute Gasteiger partial charge is 0.455 e. The molecular weight excluding hydrogens is 983 g/mol. The zero-order valence-electron chi connectivity index (χ0n) is 20.3. The number of halogens is 16. The maximum Gasteiger partial charge on any atom is 0.455 e. The summed E-state index contributed by atoms with van der Waals surface area (Å²) < 4.78 is 130. The summed E-state index contributed by atoms with van der Waals surface area (Å²) in [6, 6.07) is 5.29. The summed E-state index contributed by atoms with van der Waals surface area (Å²) in [5, 5.41) is 13.2. The average molecular weight is 992 g/mol. The Morgan fingerprint density at radius 1 is 0.727 bits per heavy atom. The minimum Gasteiger partial charge on any atom is -0.424 e. The van der Waals surface area contributed by atoms with Crippen molar-refractivity contribution in [2.75, 3.05) is 0 Å². The van der Waals surface area contributed by atoms with Gasteiger partial charge in [0.15, 0.2) is 9.47 Å². The first-order chi connectivity index (χ1) is 20.0. The van der Waals surface area contributed by atoms with E-state index in [1.54, 1.807) is 0 Å². The van der Waals surface area contributed by atoms with Gasteiger partial charge in [-0.25, -0.2) is 9.36 Å². The molecule has 0 aliphatic rings. The van der Waals surface area contributed by atoms with Crippen LogP contribution >= 0.6 is 91.3 Å². The van der Waals surface area contributed by atoms with E-state index in [0.717, 1.165) is 0 Å². The predicted molar refractivity (Wildman–Crippen MR) is 148 cm³/mol. The van der Waals surface area contributed by atoms with Crippen molar-refractivity contribution in [1.82, 2.24) is 44.7 Å². The molecule has 10 nitrogen and oxygen atoms in total. The second-order valence-corrected chi connectivity index (χ2v) is 11.5. The van der Waals surface area contributed by atoms with Gasteiger partial charge >= 0.3 is 30.2 Å². The number of benzene rings is 1. The summed E-state index contributed by atoms with van der Waals surface area (Å²) in [6.07, 6.45) is -11.3. The van der Waals surface area contributed by atoms with E-state index in [2.05, 4.69) is 115 Å². The first-order valence-corrected chi connectivity index (χ1v) is 14.8. The fourth-order valence-corrected chi connectivity index (χ4v) is 4.55. The van der Waals surface area contributed by atoms with Gasteiger partial charge in [0.1, 0.15) is 18.8 Å². The average Bonchev–Trinajstić information content (AvgIpc) is 3.49. The minimum absolute atomic E-state index is 0.0765. The molecule has 244 valence electrons. The zero-order valence-corrected chi connectivity index (χ0v) is 28.9. The number of nitrogens with one attached hydrogen (secondary N) is 1. The molecule has 0 bridgehead atoms. The van der Waals surface area contributed by atoms with Crippen LogP contribution < -0.4 is 4.74 Å². The van der Waals surface area contributed by atoms with E-state index in [0.29, 0.717) is 23.9 Å². The van der Waals surface area contributed by atoms with Crippen molar-refractivity contribution in [3.63, 3.8) is 0 Å². The highest BCUT2D eigenvalue weighted by atomic mass is 79.9. The first kappa shape index (κ1) is 38.6. The molecule has 44 heavy (non-hydrogen) atoms. The van der Waals surface area contributed by atoms with Gasteiger partial charge < -0.3 is 4.74 Å². The van der Waals surface area contributed by atoms with Crippen LogP contribution in [0.5, 0.6) is 11.8 Å². The van der Waals surface area contributed by atoms with Crippen molar-refractivity contribution in [2.24, 2.45) is 0 Å². The fourth-order valence-electron chi connectivity index (χ4n) is 2.29. The van der Waals surface area contributed by atoms with Crippen molar-refractivity contribution >= 4 is 91.3 Å². The lowest BCUT2D eigenvalue weighted by atomic mass is 10.3. The molecule has 4 aromatic rings. The zero-order chi connectivity index (χ0) is 33.7. The lowest BCUT2D eigenvalue weighted by molar-refractivity contribution is -0.287. The third-order valence-corrected chi connectivity index (χ3v) is 6.38. The molecule has 0 saturated carbocycles. The van der Waals surface area contributed by atoms with Gasteiger partial charge in [-0.3, -0.25) is 5.10 Å². The van der Waals surface area contributed by atoms with Gasteiger partial charge in [-0.2, -0.15) is 58.9 Å². The van der Waals surface area contributed by atoms with Crippen molar-refractivity contribution in [1.29, 1.82) is 0 Å². The summed E-state index contributed by atoms with van der Waals surface area (Å²) in [4.78, 5) is 10.8. The number of rotatable bonds is 6. The molecule has 0 fully saturated rings. The van der Waals surface area contributed by atoms with E-state index >= 15 is 0 Å². The van der Waals surface area contributed by atoms with Crippen LogP contribution in [0.25, 0.3) is 0 Å². The van der Waals surface area contributed by atoms with E-state index in [9.17, 15) is 43.9 Å². The maximum atomic E-state index is 13.1. The Morgan fingerprint density at radius 2 is 1.25 bits per heavy atom. The highest BCUT2D eigenvalue weighted by Crippen LogP contribution is 2.38. The van der Waals surface area contributed by atoms with Crippen LogP contribution in [0, 0.1) is 0 Å². The number of nitrogens with zero attached hydrogens (tertiary/aromatic N) is 8. The molecule has 0 amide bonds. The Hall–Kier alpha value is -1.57. The van der Waals surface area contributed by atoms with Crippen LogP contribution in [0.2, 0.25) is 5.02 Å². The van der Waals surface area contributed by atoms with Gasteiger partial charge in [0.05, 0.1) is 0 Å². The number of hydrogen-bond donors (Lipinski definition) is 1. The highest BCUT2D eigenvalue weighted by Gasteiger charge is 2.59. The van der Waals surface area contributed by atoms with E-state index in [1.165, 1.54) is 24.3 Å². The third kappa shape index (κ3) is 11.7. The molecule has 0 radical (unpaired) electrons. The van der Waals surface area contributed by atoms with Gasteiger partial charge in [-0.1, -0.05) is 17.7 Å². The Morgan fingerprint density at radius 3 is 1.66 bits per heavy atom. The Kier molecular flexibility index (Phi) is 13.5. The van der Waals surface area contributed by atoms with E-state index in [4.69, 9.17) is 16.3 Å². The van der Waals surface area contributed by atoms with Crippen molar-refractivity contribution < 1.29 is 48.6 Å². The Labute approximate surface area is 284 Å². The number of ether oxygens (including phenoxy) is 1. The molecule has 3 heterocycles. The number of aromatic amines is 1. The van der Waals surface area contributed by atoms with Gasteiger partial charge in [0, 0.05) is 5.02 Å². The molecule has 0 unspecified atom stereocenters. The molecule has 3 aromatic heterocycles. The lowest BCUT2D eigenvalue weighted by Gasteiger charge is -2.19. The van der Waals surface area contributed by atoms with E-state index in [1.807, 2.05) is 0 Å². The second-order valence-electron chi connectivity index (χ2n) is 7.49. The summed E-state index contributed by atoms with van der Waals surface area (Å²) in [6.45, 7) is -3.37. The summed E-state index contributed by atoms with van der Waals surface area (Å²) in [7, 11) is 0. The van der Waals surface area contributed by atoms with Crippen LogP contribution in [0.4, 0.5) is 43.9 Å². The van der Waals surface area contributed by atoms with Crippen LogP contribution in [0.1, 0.15) is 0 Å². The molecule has 0 atom stereocenters. The molecule has 0 saturated heterocycles. The minimum atomic E-state index is -5.71. The molecule has 0 aliphatic heterocycles. The molecule has 26 heteroatoms. The normalized spacial score (nSPS) is 12.3. The van der Waals surface area contributed by atoms with Crippen molar-refractivity contribution in [3.05, 3.63) is 53.0 Å². The van der Waals surface area contributed by atoms with Crippen LogP contribution in [0.3, 0.4) is 0 Å². The number of H-pyrrole nitrogens is 1. The lowest BCUT2D eigenvalue weighted by Crippen LogP contribution is -2.40. The smallest absolute Gasteiger partial charge is 0.424 e. The summed E-state index contributed by atoms with van der Waals surface area (Å²) in [5.74, 6) is -9.71. The topological polar surface area (TPSA) is 112 Å². The van der Waals surface area contributed by atoms with Crippen LogP contribution in [-0.2, 0) is 13.1 Å². The van der Waals surface area contributed by atoms with E-state index in [-0.39, 0.29) is 20.0 Å². The Balaban J connectivity index is 0.000000263. The maximum absolute atomic E-state index is 13.1. The molecule has 0 aliphatic carbocycles. The monoisotopic (exact) mass is 987 g/mol. The standard InChI is InChI=1S/C11H6BrClF5N3O.C5H2Br2F5N3.C2HBr2N3/c12-8-19-9(22-7-3-1-2-6(13)4-7)21(20-8)5-10(14,15)11(16,17)18;6-2-13-3(7)15(14-2)1-4(8,9)5(10,11)12;3-1-5-2(4)7-6-1/h1-4H,5H2;1H2;(H,5,6,7). The van der Waals surface area contributed by atoms with Crippen molar-refractivity contribution in [3.8, 4) is 11.8 Å². The molecule has 1 aromatic carbocycles.